The first-order valence-electron chi connectivity index (χ1n) is 13.5. The number of aryl methyl sites for hydroxylation is 1. The molecule has 0 unspecified atom stereocenters. The van der Waals surface area contributed by atoms with Gasteiger partial charge in [-0.2, -0.15) is 0 Å². The third kappa shape index (κ3) is 6.26. The summed E-state index contributed by atoms with van der Waals surface area (Å²) < 4.78 is 26.2. The van der Waals surface area contributed by atoms with Gasteiger partial charge in [0.25, 0.3) is 5.56 Å². The molecule has 0 saturated carbocycles. The molecule has 1 N–H and O–H groups in total. The zero-order valence-electron chi connectivity index (χ0n) is 23.5. The molecule has 1 aliphatic heterocycles. The van der Waals surface area contributed by atoms with Crippen molar-refractivity contribution in [1.29, 1.82) is 0 Å². The van der Waals surface area contributed by atoms with Crippen LogP contribution < -0.4 is 11.2 Å². The Kier molecular flexibility index (Phi) is 9.64. The molecule has 0 bridgehead atoms. The molecule has 1 aromatic heterocycles. The highest BCUT2D eigenvalue weighted by atomic mass is 32.9. The molecule has 0 amide bonds. The van der Waals surface area contributed by atoms with Crippen LogP contribution >= 0.6 is 17.1 Å². The van der Waals surface area contributed by atoms with Gasteiger partial charge in [-0.05, 0) is 35.4 Å². The van der Waals surface area contributed by atoms with Crippen molar-refractivity contribution >= 4 is 28.9 Å². The van der Waals surface area contributed by atoms with Gasteiger partial charge in [0.2, 0.25) is 5.69 Å². The van der Waals surface area contributed by atoms with E-state index in [0.29, 0.717) is 12.0 Å². The van der Waals surface area contributed by atoms with Gasteiger partial charge in [0.1, 0.15) is 11.8 Å². The average molecular weight is 625 g/mol. The summed E-state index contributed by atoms with van der Waals surface area (Å²) in [5.41, 5.74) is -1.28. The number of ether oxygens (including phenoxy) is 2. The normalized spacial score (nSPS) is 19.2. The van der Waals surface area contributed by atoms with Crippen molar-refractivity contribution < 1.29 is 18.5 Å². The first kappa shape index (κ1) is 30.6. The average Bonchev–Trinajstić information content (AvgIpc) is 3.42. The predicted octanol–water partition coefficient (Wildman–Crippen LogP) is 5.76. The van der Waals surface area contributed by atoms with Crippen molar-refractivity contribution in [3.05, 3.63) is 140 Å². The van der Waals surface area contributed by atoms with Crippen molar-refractivity contribution in [1.82, 2.24) is 9.55 Å². The maximum absolute atomic E-state index is 12.8. The molecule has 3 aromatic carbocycles. The van der Waals surface area contributed by atoms with Crippen LogP contribution in [0.4, 0.5) is 0 Å². The summed E-state index contributed by atoms with van der Waals surface area (Å²) in [6.07, 6.45) is 0.838. The minimum Gasteiger partial charge on any atom is -0.358 e. The fraction of sp³-hybridized carbons (Fsp3) is 0.290. The van der Waals surface area contributed by atoms with E-state index in [2.05, 4.69) is 41.4 Å². The SMILES string of the molecule is COP(=S)(OC)S[C@H]1C[C@H](n2cc(C)c(=O)[nH]c2=O)O[C@@H]1COC(c1ccccc1)(c1ccccc1)c1ccccc1. The summed E-state index contributed by atoms with van der Waals surface area (Å²) in [5.74, 6) is 0. The lowest BCUT2D eigenvalue weighted by Gasteiger charge is -2.37. The minimum absolute atomic E-state index is 0.173. The second-order valence-corrected chi connectivity index (χ2v) is 16.5. The molecule has 11 heteroatoms. The van der Waals surface area contributed by atoms with E-state index >= 15 is 0 Å². The highest BCUT2D eigenvalue weighted by Crippen LogP contribution is 2.64. The molecule has 0 spiro atoms. The lowest BCUT2D eigenvalue weighted by atomic mass is 9.80. The standard InChI is InChI=1S/C31H33N2O6PS2/c1-22-20-33(30(35)32-29(22)34)28-19-27(42-40(41,36-2)37-3)26(39-28)21-38-31(23-13-7-4-8-14-23,24-15-9-5-10-16-24)25-17-11-6-12-18-25/h4-18,20,26-28H,19,21H2,1-3H3,(H,32,34,35)/t26-,27+,28-/m1/s1. The zero-order chi connectivity index (χ0) is 29.7. The van der Waals surface area contributed by atoms with Crippen LogP contribution in [0.5, 0.6) is 0 Å². The van der Waals surface area contributed by atoms with E-state index in [4.69, 9.17) is 30.3 Å². The summed E-state index contributed by atoms with van der Waals surface area (Å²) in [6, 6.07) is 30.3. The van der Waals surface area contributed by atoms with Crippen LogP contribution in [0.1, 0.15) is 34.9 Å². The van der Waals surface area contributed by atoms with Crippen LogP contribution in [0.3, 0.4) is 0 Å². The number of rotatable bonds is 11. The number of H-pyrrole nitrogens is 1. The Morgan fingerprint density at radius 2 is 1.43 bits per heavy atom. The molecule has 1 aliphatic rings. The van der Waals surface area contributed by atoms with E-state index in [1.54, 1.807) is 6.92 Å². The monoisotopic (exact) mass is 624 g/mol. The molecule has 1 fully saturated rings. The van der Waals surface area contributed by atoms with E-state index in [0.717, 1.165) is 16.7 Å². The highest BCUT2D eigenvalue weighted by molar-refractivity contribution is 8.68. The van der Waals surface area contributed by atoms with E-state index in [1.165, 1.54) is 36.4 Å². The van der Waals surface area contributed by atoms with Crippen LogP contribution in [-0.4, -0.2) is 41.7 Å². The summed E-state index contributed by atoms with van der Waals surface area (Å²) in [4.78, 5) is 27.2. The molecule has 3 atom stereocenters. The van der Waals surface area contributed by atoms with Gasteiger partial charge >= 0.3 is 5.69 Å². The summed E-state index contributed by atoms with van der Waals surface area (Å²) in [5, 5.41) is -0.222. The third-order valence-electron chi connectivity index (χ3n) is 7.35. The van der Waals surface area contributed by atoms with E-state index in [-0.39, 0.29) is 11.9 Å². The Morgan fingerprint density at radius 1 is 0.929 bits per heavy atom. The van der Waals surface area contributed by atoms with Crippen molar-refractivity contribution in [2.45, 2.75) is 36.5 Å². The first-order valence-corrected chi connectivity index (χ1v) is 17.6. The van der Waals surface area contributed by atoms with Gasteiger partial charge in [-0.25, -0.2) is 4.79 Å². The predicted molar refractivity (Wildman–Crippen MR) is 169 cm³/mol. The quantitative estimate of drug-likeness (QED) is 0.166. The van der Waals surface area contributed by atoms with E-state index < -0.39 is 34.9 Å². The van der Waals surface area contributed by atoms with Gasteiger partial charge < -0.3 is 18.5 Å². The molecule has 0 radical (unpaired) electrons. The fourth-order valence-electron chi connectivity index (χ4n) is 5.23. The summed E-state index contributed by atoms with van der Waals surface area (Å²) >= 11 is 7.12. The molecular formula is C31H33N2O6PS2. The van der Waals surface area contributed by atoms with Crippen molar-refractivity contribution in [3.8, 4) is 0 Å². The molecular weight excluding hydrogens is 591 g/mol. The lowest BCUT2D eigenvalue weighted by molar-refractivity contribution is -0.0765. The molecule has 4 aromatic rings. The molecule has 1 saturated heterocycles. The number of aromatic nitrogens is 2. The maximum atomic E-state index is 12.8. The zero-order valence-corrected chi connectivity index (χ0v) is 26.1. The van der Waals surface area contributed by atoms with Crippen LogP contribution in [0, 0.1) is 6.92 Å². The second-order valence-electron chi connectivity index (χ2n) is 9.89. The van der Waals surface area contributed by atoms with Gasteiger partial charge in [-0.3, -0.25) is 14.3 Å². The van der Waals surface area contributed by atoms with Crippen molar-refractivity contribution in [2.24, 2.45) is 0 Å². The Bertz CT molecular complexity index is 1540. The Hall–Kier alpha value is -2.82. The largest absolute Gasteiger partial charge is 0.358 e. The third-order valence-corrected chi connectivity index (χ3v) is 13.4. The van der Waals surface area contributed by atoms with Crippen LogP contribution in [-0.2, 0) is 35.9 Å². The molecule has 8 nitrogen and oxygen atoms in total. The Balaban J connectivity index is 1.56. The maximum Gasteiger partial charge on any atom is 0.330 e. The number of nitrogens with zero attached hydrogens (tertiary/aromatic N) is 1. The van der Waals surface area contributed by atoms with Crippen molar-refractivity contribution in [3.63, 3.8) is 0 Å². The smallest absolute Gasteiger partial charge is 0.330 e. The number of nitrogens with one attached hydrogen (secondary N) is 1. The Labute approximate surface area is 253 Å². The minimum atomic E-state index is -2.68. The molecule has 0 aliphatic carbocycles. The summed E-state index contributed by atoms with van der Waals surface area (Å²) in [6.45, 7) is 1.83. The van der Waals surface area contributed by atoms with E-state index in [9.17, 15) is 9.59 Å². The van der Waals surface area contributed by atoms with Gasteiger partial charge in [-0.1, -0.05) is 102 Å². The van der Waals surface area contributed by atoms with Gasteiger partial charge in [0, 0.05) is 37.7 Å². The lowest BCUT2D eigenvalue weighted by Crippen LogP contribution is -2.37. The number of hydrogen-bond donors (Lipinski definition) is 1. The molecule has 2 heterocycles. The number of aromatic amines is 1. The van der Waals surface area contributed by atoms with Gasteiger partial charge in [0.15, 0.2) is 0 Å². The van der Waals surface area contributed by atoms with E-state index in [1.807, 2.05) is 54.6 Å². The van der Waals surface area contributed by atoms with Gasteiger partial charge in [0.05, 0.1) is 12.7 Å². The fourth-order valence-corrected chi connectivity index (χ4v) is 9.59. The van der Waals surface area contributed by atoms with Crippen LogP contribution in [0.25, 0.3) is 0 Å². The van der Waals surface area contributed by atoms with Gasteiger partial charge in [-0.15, -0.1) is 0 Å². The summed E-state index contributed by atoms with van der Waals surface area (Å²) in [7, 11) is 3.08. The Morgan fingerprint density at radius 3 is 1.90 bits per heavy atom. The first-order chi connectivity index (χ1) is 20.3. The highest BCUT2D eigenvalue weighted by Gasteiger charge is 2.44. The number of hydrogen-bond acceptors (Lipinski definition) is 8. The topological polar surface area (TPSA) is 91.8 Å². The van der Waals surface area contributed by atoms with Crippen LogP contribution in [0.15, 0.2) is 107 Å². The molecule has 42 heavy (non-hydrogen) atoms. The molecule has 220 valence electrons. The van der Waals surface area contributed by atoms with Crippen molar-refractivity contribution in [2.75, 3.05) is 20.8 Å². The second kappa shape index (κ2) is 13.2. The van der Waals surface area contributed by atoms with Crippen LogP contribution in [0.2, 0.25) is 0 Å². The molecule has 5 rings (SSSR count). The number of benzene rings is 3.